The Morgan fingerprint density at radius 1 is 1.16 bits per heavy atom. The Bertz CT molecular complexity index is 1020. The second kappa shape index (κ2) is 10.1. The third-order valence-electron chi connectivity index (χ3n) is 4.73. The molecule has 0 aliphatic heterocycles. The molecular weight excluding hydrogens is 438 g/mol. The van der Waals surface area contributed by atoms with Crippen LogP contribution in [0.15, 0.2) is 35.3 Å². The summed E-state index contributed by atoms with van der Waals surface area (Å²) in [6.07, 6.45) is -1.53. The summed E-state index contributed by atoms with van der Waals surface area (Å²) in [5.74, 6) is -0.420. The Kier molecular flexibility index (Phi) is 8.25. The van der Waals surface area contributed by atoms with Crippen molar-refractivity contribution in [1.29, 1.82) is 0 Å². The molecule has 0 spiro atoms. The Hall–Kier alpha value is -2.23. The van der Waals surface area contributed by atoms with Gasteiger partial charge >= 0.3 is 6.16 Å². The lowest BCUT2D eigenvalue weighted by Gasteiger charge is -2.24. The molecule has 2 aromatic rings. The van der Waals surface area contributed by atoms with E-state index in [0.29, 0.717) is 18.1 Å². The van der Waals surface area contributed by atoms with E-state index in [4.69, 9.17) is 21.1 Å². The highest BCUT2D eigenvalue weighted by Crippen LogP contribution is 2.35. The van der Waals surface area contributed by atoms with Crippen LogP contribution in [0.25, 0.3) is 11.1 Å². The summed E-state index contributed by atoms with van der Waals surface area (Å²) in [5, 5.41) is 28.6. The number of aliphatic hydroxyl groups is 3. The van der Waals surface area contributed by atoms with Crippen LogP contribution in [0.2, 0.25) is 5.02 Å². The molecule has 0 bridgehead atoms. The van der Waals surface area contributed by atoms with Gasteiger partial charge in [0.25, 0.3) is 5.56 Å². The van der Waals surface area contributed by atoms with E-state index in [0.717, 1.165) is 0 Å². The standard InChI is InChI=1S/C23H30ClNO7/c1-6-19(26)16-8-7-15(24)11-17(16)18-12-21(27)25(13-20(18)32-23(28,29)30)14(2)9-10-31-22(3,4)5/h7-8,11-14,28-30H,6,9-10H2,1-5H3. The van der Waals surface area contributed by atoms with Crippen molar-refractivity contribution in [2.45, 2.75) is 65.3 Å². The lowest BCUT2D eigenvalue weighted by Crippen LogP contribution is -2.35. The average Bonchev–Trinajstić information content (AvgIpc) is 2.66. The summed E-state index contributed by atoms with van der Waals surface area (Å²) in [6.45, 7) is 9.66. The third-order valence-corrected chi connectivity index (χ3v) is 4.96. The van der Waals surface area contributed by atoms with E-state index in [1.807, 2.05) is 20.8 Å². The number of pyridine rings is 1. The van der Waals surface area contributed by atoms with Gasteiger partial charge in [0.15, 0.2) is 11.5 Å². The van der Waals surface area contributed by atoms with Gasteiger partial charge in [-0.25, -0.2) is 0 Å². The number of rotatable bonds is 9. The number of carbonyl (C=O) groups is 1. The molecule has 0 amide bonds. The van der Waals surface area contributed by atoms with Crippen molar-refractivity contribution >= 4 is 17.4 Å². The van der Waals surface area contributed by atoms with E-state index in [1.165, 1.54) is 29.0 Å². The minimum absolute atomic E-state index is 0.0882. The highest BCUT2D eigenvalue weighted by Gasteiger charge is 2.26. The fourth-order valence-corrected chi connectivity index (χ4v) is 3.33. The molecule has 0 aliphatic rings. The molecule has 0 radical (unpaired) electrons. The molecule has 0 saturated carbocycles. The van der Waals surface area contributed by atoms with Crippen LogP contribution in [-0.4, -0.2) is 44.0 Å². The van der Waals surface area contributed by atoms with Crippen molar-refractivity contribution in [2.75, 3.05) is 6.61 Å². The van der Waals surface area contributed by atoms with Gasteiger partial charge in [-0.2, -0.15) is 0 Å². The first-order chi connectivity index (χ1) is 14.7. The number of Topliss-reactive ketones (excluding diaryl/α,β-unsaturated/α-hetero) is 1. The normalized spacial score (nSPS) is 13.2. The number of carbonyl (C=O) groups excluding carboxylic acids is 1. The molecule has 0 saturated heterocycles. The van der Waals surface area contributed by atoms with Gasteiger partial charge in [-0.1, -0.05) is 18.5 Å². The number of ether oxygens (including phenoxy) is 2. The molecular formula is C23H30ClNO7. The maximum absolute atomic E-state index is 12.9. The van der Waals surface area contributed by atoms with Crippen LogP contribution in [0, 0.1) is 0 Å². The Morgan fingerprint density at radius 3 is 2.38 bits per heavy atom. The second-order valence-corrected chi connectivity index (χ2v) is 8.97. The molecule has 0 aliphatic carbocycles. The van der Waals surface area contributed by atoms with Crippen molar-refractivity contribution in [3.8, 4) is 16.9 Å². The summed E-state index contributed by atoms with van der Waals surface area (Å²) >= 11 is 6.12. The van der Waals surface area contributed by atoms with Gasteiger partial charge in [0.2, 0.25) is 0 Å². The number of halogens is 1. The van der Waals surface area contributed by atoms with E-state index in [2.05, 4.69) is 0 Å². The highest BCUT2D eigenvalue weighted by molar-refractivity contribution is 6.31. The number of hydrogen-bond acceptors (Lipinski definition) is 7. The molecule has 32 heavy (non-hydrogen) atoms. The summed E-state index contributed by atoms with van der Waals surface area (Å²) in [6, 6.07) is 5.42. The molecule has 1 aromatic carbocycles. The molecule has 2 rings (SSSR count). The molecule has 8 nitrogen and oxygen atoms in total. The van der Waals surface area contributed by atoms with Gasteiger partial charge in [-0.3, -0.25) is 9.59 Å². The van der Waals surface area contributed by atoms with Gasteiger partial charge in [0, 0.05) is 41.3 Å². The smallest absolute Gasteiger partial charge is 0.415 e. The Labute approximate surface area is 192 Å². The van der Waals surface area contributed by atoms with Crippen LogP contribution in [0.4, 0.5) is 0 Å². The monoisotopic (exact) mass is 467 g/mol. The minimum atomic E-state index is -3.50. The Balaban J connectivity index is 2.58. The summed E-state index contributed by atoms with van der Waals surface area (Å²) in [4.78, 5) is 25.4. The zero-order valence-electron chi connectivity index (χ0n) is 18.9. The van der Waals surface area contributed by atoms with Crippen molar-refractivity contribution in [2.24, 2.45) is 0 Å². The SMILES string of the molecule is CCC(=O)c1ccc(Cl)cc1-c1cc(=O)n(C(C)CCOC(C)(C)C)cc1OC(O)(O)O. The molecule has 1 heterocycles. The summed E-state index contributed by atoms with van der Waals surface area (Å²) in [5.41, 5.74) is -0.0985. The van der Waals surface area contributed by atoms with Gasteiger partial charge in [0.1, 0.15) is 0 Å². The molecule has 3 N–H and O–H groups in total. The van der Waals surface area contributed by atoms with Crippen molar-refractivity contribution in [3.63, 3.8) is 0 Å². The summed E-state index contributed by atoms with van der Waals surface area (Å²) in [7, 11) is 0. The van der Waals surface area contributed by atoms with E-state index in [-0.39, 0.29) is 46.3 Å². The van der Waals surface area contributed by atoms with Gasteiger partial charge in [-0.15, -0.1) is 0 Å². The highest BCUT2D eigenvalue weighted by atomic mass is 35.5. The number of nitrogens with zero attached hydrogens (tertiary/aromatic N) is 1. The molecule has 1 atom stereocenters. The maximum atomic E-state index is 12.9. The average molecular weight is 468 g/mol. The Morgan fingerprint density at radius 2 is 1.81 bits per heavy atom. The first kappa shape index (κ1) is 26.0. The summed E-state index contributed by atoms with van der Waals surface area (Å²) < 4.78 is 12.0. The number of hydrogen-bond donors (Lipinski definition) is 3. The van der Waals surface area contributed by atoms with Gasteiger partial charge in [0.05, 0.1) is 11.8 Å². The first-order valence-electron chi connectivity index (χ1n) is 10.3. The fraction of sp³-hybridized carbons (Fsp3) is 0.478. The molecule has 0 fully saturated rings. The van der Waals surface area contributed by atoms with Crippen molar-refractivity contribution < 1.29 is 29.6 Å². The molecule has 9 heteroatoms. The van der Waals surface area contributed by atoms with E-state index in [1.54, 1.807) is 19.9 Å². The van der Waals surface area contributed by atoms with Crippen LogP contribution in [0.5, 0.6) is 5.75 Å². The predicted octanol–water partition coefficient (Wildman–Crippen LogP) is 3.49. The van der Waals surface area contributed by atoms with Crippen LogP contribution in [-0.2, 0) is 4.74 Å². The van der Waals surface area contributed by atoms with E-state index in [9.17, 15) is 24.9 Å². The second-order valence-electron chi connectivity index (χ2n) is 8.54. The molecule has 1 aromatic heterocycles. The van der Waals surface area contributed by atoms with Crippen LogP contribution < -0.4 is 10.3 Å². The largest absolute Gasteiger partial charge is 0.453 e. The predicted molar refractivity (Wildman–Crippen MR) is 121 cm³/mol. The van der Waals surface area contributed by atoms with Crippen LogP contribution in [0.3, 0.4) is 0 Å². The number of ketones is 1. The van der Waals surface area contributed by atoms with Gasteiger partial charge in [-0.05, 0) is 57.9 Å². The van der Waals surface area contributed by atoms with E-state index < -0.39 is 11.7 Å². The number of aromatic nitrogens is 1. The van der Waals surface area contributed by atoms with Crippen LogP contribution in [0.1, 0.15) is 63.9 Å². The number of benzene rings is 1. The first-order valence-corrected chi connectivity index (χ1v) is 10.7. The topological polar surface area (TPSA) is 118 Å². The van der Waals surface area contributed by atoms with Crippen molar-refractivity contribution in [3.05, 3.63) is 51.4 Å². The zero-order chi connectivity index (χ0) is 24.3. The minimum Gasteiger partial charge on any atom is -0.415 e. The lowest BCUT2D eigenvalue weighted by molar-refractivity contribution is -0.419. The van der Waals surface area contributed by atoms with Gasteiger partial charge < -0.3 is 29.4 Å². The quantitative estimate of drug-likeness (QED) is 0.381. The lowest BCUT2D eigenvalue weighted by atomic mass is 9.96. The molecule has 176 valence electrons. The molecule has 1 unspecified atom stereocenters. The van der Waals surface area contributed by atoms with E-state index >= 15 is 0 Å². The zero-order valence-corrected chi connectivity index (χ0v) is 19.6. The third kappa shape index (κ3) is 7.15. The van der Waals surface area contributed by atoms with Crippen LogP contribution >= 0.6 is 11.6 Å². The van der Waals surface area contributed by atoms with Crippen molar-refractivity contribution in [1.82, 2.24) is 4.57 Å². The maximum Gasteiger partial charge on any atom is 0.453 e. The fourth-order valence-electron chi connectivity index (χ4n) is 3.16.